The molecule has 2 heterocycles. The summed E-state index contributed by atoms with van der Waals surface area (Å²) in [5.41, 5.74) is 2.52. The van der Waals surface area contributed by atoms with E-state index in [0.29, 0.717) is 66.1 Å². The van der Waals surface area contributed by atoms with Gasteiger partial charge >= 0.3 is 0 Å². The van der Waals surface area contributed by atoms with E-state index in [2.05, 4.69) is 5.32 Å². The van der Waals surface area contributed by atoms with Gasteiger partial charge in [0.1, 0.15) is 11.5 Å². The van der Waals surface area contributed by atoms with E-state index in [1.54, 1.807) is 36.8 Å². The van der Waals surface area contributed by atoms with E-state index >= 15 is 0 Å². The van der Waals surface area contributed by atoms with Crippen LogP contribution >= 0.6 is 0 Å². The lowest BCUT2D eigenvalue weighted by atomic mass is 10.1. The molecule has 8 heteroatoms. The Kier molecular flexibility index (Phi) is 6.03. The highest BCUT2D eigenvalue weighted by Gasteiger charge is 2.31. The number of carbonyl (C=O) groups is 2. The quantitative estimate of drug-likeness (QED) is 0.612. The van der Waals surface area contributed by atoms with Crippen molar-refractivity contribution in [2.45, 2.75) is 19.3 Å². The Morgan fingerprint density at radius 1 is 1.12 bits per heavy atom. The van der Waals surface area contributed by atoms with Crippen molar-refractivity contribution in [3.8, 4) is 11.5 Å². The number of halogens is 1. The molecule has 1 fully saturated rings. The third-order valence-corrected chi connectivity index (χ3v) is 5.84. The fourth-order valence-electron chi connectivity index (χ4n) is 4.26. The molecule has 1 saturated heterocycles. The molecule has 168 valence electrons. The number of anilines is 1. The molecule has 0 saturated carbocycles. The lowest BCUT2D eigenvalue weighted by Gasteiger charge is -2.18. The number of aromatic nitrogens is 1. The van der Waals surface area contributed by atoms with Crippen molar-refractivity contribution in [1.82, 2.24) is 9.88 Å². The minimum Gasteiger partial charge on any atom is -0.493 e. The standard InChI is InChI=1S/C24H26FN3O4/c1-27-18-8-7-16(25)14-17(18)22(28-12-4-5-21(28)29)23(27)24(30)26-11-10-15-6-9-19(31-2)20(13-15)32-3/h6-9,13-14H,4-5,10-12H2,1-3H3,(H,26,30). The number of ether oxygens (including phenoxy) is 2. The van der Waals surface area contributed by atoms with Crippen molar-refractivity contribution in [2.24, 2.45) is 7.05 Å². The fourth-order valence-corrected chi connectivity index (χ4v) is 4.26. The van der Waals surface area contributed by atoms with Crippen LogP contribution in [0.2, 0.25) is 0 Å². The molecule has 0 unspecified atom stereocenters. The topological polar surface area (TPSA) is 72.8 Å². The summed E-state index contributed by atoms with van der Waals surface area (Å²) in [7, 11) is 4.91. The number of amides is 2. The van der Waals surface area contributed by atoms with E-state index in [1.165, 1.54) is 12.1 Å². The van der Waals surface area contributed by atoms with Crippen LogP contribution in [0.5, 0.6) is 11.5 Å². The molecule has 2 aromatic carbocycles. The summed E-state index contributed by atoms with van der Waals surface area (Å²) < 4.78 is 26.3. The number of benzene rings is 2. The van der Waals surface area contributed by atoms with Crippen LogP contribution in [0.15, 0.2) is 36.4 Å². The van der Waals surface area contributed by atoms with Crippen LogP contribution in [0.3, 0.4) is 0 Å². The third kappa shape index (κ3) is 3.88. The van der Waals surface area contributed by atoms with Crippen LogP contribution in [-0.2, 0) is 18.3 Å². The van der Waals surface area contributed by atoms with E-state index in [-0.39, 0.29) is 11.8 Å². The van der Waals surface area contributed by atoms with Crippen molar-refractivity contribution in [1.29, 1.82) is 0 Å². The Morgan fingerprint density at radius 2 is 1.91 bits per heavy atom. The van der Waals surface area contributed by atoms with Crippen molar-refractivity contribution < 1.29 is 23.5 Å². The third-order valence-electron chi connectivity index (χ3n) is 5.84. The Labute approximate surface area is 185 Å². The Bertz CT molecular complexity index is 1190. The first-order valence-corrected chi connectivity index (χ1v) is 10.5. The van der Waals surface area contributed by atoms with Crippen molar-refractivity contribution >= 4 is 28.4 Å². The normalized spacial score (nSPS) is 13.6. The second kappa shape index (κ2) is 8.90. The monoisotopic (exact) mass is 439 g/mol. The SMILES string of the molecule is COc1ccc(CCNC(=O)c2c(N3CCCC3=O)c3cc(F)ccc3n2C)cc1OC. The second-order valence-corrected chi connectivity index (χ2v) is 7.76. The molecule has 1 aromatic heterocycles. The molecule has 0 radical (unpaired) electrons. The molecule has 0 aliphatic carbocycles. The van der Waals surface area contributed by atoms with Gasteiger partial charge in [0.15, 0.2) is 11.5 Å². The van der Waals surface area contributed by atoms with Crippen LogP contribution in [0.4, 0.5) is 10.1 Å². The first-order chi connectivity index (χ1) is 15.4. The first kappa shape index (κ1) is 21.7. The highest BCUT2D eigenvalue weighted by atomic mass is 19.1. The van der Waals surface area contributed by atoms with Crippen molar-refractivity contribution in [3.63, 3.8) is 0 Å². The largest absolute Gasteiger partial charge is 0.493 e. The number of aryl methyl sites for hydroxylation is 1. The van der Waals surface area contributed by atoms with E-state index in [1.807, 2.05) is 18.2 Å². The number of rotatable bonds is 7. The van der Waals surface area contributed by atoms with E-state index < -0.39 is 5.82 Å². The van der Waals surface area contributed by atoms with E-state index in [4.69, 9.17) is 9.47 Å². The first-order valence-electron chi connectivity index (χ1n) is 10.5. The van der Waals surface area contributed by atoms with Gasteiger partial charge in [-0.15, -0.1) is 0 Å². The van der Waals surface area contributed by atoms with Crippen LogP contribution in [0.1, 0.15) is 28.9 Å². The fraction of sp³-hybridized carbons (Fsp3) is 0.333. The molecule has 1 aliphatic heterocycles. The smallest absolute Gasteiger partial charge is 0.270 e. The summed E-state index contributed by atoms with van der Waals surface area (Å²) in [6.07, 6.45) is 1.72. The maximum atomic E-state index is 14.0. The molecule has 7 nitrogen and oxygen atoms in total. The minimum atomic E-state index is -0.406. The van der Waals surface area contributed by atoms with Gasteiger partial charge in [0, 0.05) is 31.9 Å². The molecule has 1 aliphatic rings. The van der Waals surface area contributed by atoms with Gasteiger partial charge in [-0.1, -0.05) is 6.07 Å². The summed E-state index contributed by atoms with van der Waals surface area (Å²) in [5.74, 6) is 0.502. The lowest BCUT2D eigenvalue weighted by molar-refractivity contribution is -0.117. The van der Waals surface area contributed by atoms with Crippen molar-refractivity contribution in [2.75, 3.05) is 32.2 Å². The molecule has 0 atom stereocenters. The predicted molar refractivity (Wildman–Crippen MR) is 120 cm³/mol. The van der Waals surface area contributed by atoms with Crippen LogP contribution < -0.4 is 19.7 Å². The average molecular weight is 439 g/mol. The van der Waals surface area contributed by atoms with Gasteiger partial charge < -0.3 is 24.3 Å². The van der Waals surface area contributed by atoms with Crippen molar-refractivity contribution in [3.05, 3.63) is 53.5 Å². The van der Waals surface area contributed by atoms with Crippen LogP contribution in [-0.4, -0.2) is 43.7 Å². The molecule has 1 N–H and O–H groups in total. The van der Waals surface area contributed by atoms with Gasteiger partial charge in [-0.05, 0) is 48.7 Å². The zero-order valence-electron chi connectivity index (χ0n) is 18.4. The highest BCUT2D eigenvalue weighted by molar-refractivity contribution is 6.14. The number of hydrogen-bond donors (Lipinski definition) is 1. The zero-order chi connectivity index (χ0) is 22.8. The van der Waals surface area contributed by atoms with Gasteiger partial charge in [-0.3, -0.25) is 9.59 Å². The van der Waals surface area contributed by atoms with Gasteiger partial charge in [-0.2, -0.15) is 0 Å². The molecule has 0 bridgehead atoms. The van der Waals surface area contributed by atoms with Gasteiger partial charge in [-0.25, -0.2) is 4.39 Å². The number of hydrogen-bond acceptors (Lipinski definition) is 4. The summed E-state index contributed by atoms with van der Waals surface area (Å²) in [5, 5.41) is 3.51. The maximum Gasteiger partial charge on any atom is 0.270 e. The summed E-state index contributed by atoms with van der Waals surface area (Å²) in [6.45, 7) is 0.901. The maximum absolute atomic E-state index is 14.0. The Morgan fingerprint density at radius 3 is 2.59 bits per heavy atom. The summed E-state index contributed by atoms with van der Waals surface area (Å²) >= 11 is 0. The summed E-state index contributed by atoms with van der Waals surface area (Å²) in [4.78, 5) is 27.3. The number of nitrogens with zero attached hydrogens (tertiary/aromatic N) is 2. The minimum absolute atomic E-state index is 0.0545. The van der Waals surface area contributed by atoms with Crippen LogP contribution in [0.25, 0.3) is 10.9 Å². The van der Waals surface area contributed by atoms with E-state index in [0.717, 1.165) is 5.56 Å². The second-order valence-electron chi connectivity index (χ2n) is 7.76. The van der Waals surface area contributed by atoms with Gasteiger partial charge in [0.05, 0.1) is 25.4 Å². The highest BCUT2D eigenvalue weighted by Crippen LogP contribution is 2.36. The molecule has 4 rings (SSSR count). The number of nitrogens with one attached hydrogen (secondary N) is 1. The van der Waals surface area contributed by atoms with Gasteiger partial charge in [0.2, 0.25) is 5.91 Å². The van der Waals surface area contributed by atoms with E-state index in [9.17, 15) is 14.0 Å². The molecule has 3 aromatic rings. The molecule has 32 heavy (non-hydrogen) atoms. The number of carbonyl (C=O) groups excluding carboxylic acids is 2. The lowest BCUT2D eigenvalue weighted by Crippen LogP contribution is -2.31. The number of fused-ring (bicyclic) bond motifs is 1. The Balaban J connectivity index is 1.60. The molecular weight excluding hydrogens is 413 g/mol. The molecular formula is C24H26FN3O4. The average Bonchev–Trinajstić information content (AvgIpc) is 3.33. The number of methoxy groups -OCH3 is 2. The Hall–Kier alpha value is -3.55. The van der Waals surface area contributed by atoms with Gasteiger partial charge in [0.25, 0.3) is 5.91 Å². The zero-order valence-corrected chi connectivity index (χ0v) is 18.4. The predicted octanol–water partition coefficient (Wildman–Crippen LogP) is 3.43. The van der Waals surface area contributed by atoms with Crippen LogP contribution in [0, 0.1) is 5.82 Å². The molecule has 0 spiro atoms. The summed E-state index contributed by atoms with van der Waals surface area (Å²) in [6, 6.07) is 9.99. The molecule has 2 amide bonds.